The van der Waals surface area contributed by atoms with E-state index in [1.807, 2.05) is 0 Å². The van der Waals surface area contributed by atoms with Gasteiger partial charge in [-0.25, -0.2) is 0 Å². The summed E-state index contributed by atoms with van der Waals surface area (Å²) in [6.45, 7) is 0. The van der Waals surface area contributed by atoms with Crippen LogP contribution in [0.3, 0.4) is 0 Å². The number of rotatable bonds is 0. The first-order chi connectivity index (χ1) is 6.25. The van der Waals surface area contributed by atoms with Gasteiger partial charge < -0.3 is 12.3 Å². The summed E-state index contributed by atoms with van der Waals surface area (Å²) in [5, 5.41) is 0. The molecule has 1 aliphatic rings. The molecule has 0 unspecified atom stereocenters. The van der Waals surface area contributed by atoms with Crippen LogP contribution in [0.15, 0.2) is 0 Å². The Bertz CT molecular complexity index is 234. The van der Waals surface area contributed by atoms with Crippen LogP contribution < -0.4 is 0 Å². The summed E-state index contributed by atoms with van der Waals surface area (Å²) in [6, 6.07) is 0. The molecule has 1 aliphatic heterocycles. The molecule has 0 aromatic heterocycles. The Morgan fingerprint density at radius 1 is 1.00 bits per heavy atom. The molecule has 0 aromatic rings. The van der Waals surface area contributed by atoms with E-state index in [2.05, 4.69) is 0 Å². The van der Waals surface area contributed by atoms with Gasteiger partial charge in [0.2, 0.25) is 0 Å². The summed E-state index contributed by atoms with van der Waals surface area (Å²) in [5.41, 5.74) is -5.53. The zero-order chi connectivity index (χ0) is 11.2. The molecule has 1 saturated heterocycles. The van der Waals surface area contributed by atoms with E-state index in [0.29, 0.717) is 0 Å². The Balaban J connectivity index is 0.000000249. The van der Waals surface area contributed by atoms with Crippen LogP contribution in [-0.2, 0) is 22.5 Å². The molecule has 0 amide bonds. The van der Waals surface area contributed by atoms with Crippen molar-refractivity contribution >= 4 is 40.1 Å². The van der Waals surface area contributed by atoms with Crippen molar-refractivity contribution < 1.29 is 38.5 Å². The Morgan fingerprint density at radius 3 is 1.29 bits per heavy atom. The largest absolute Gasteiger partial charge is 0.522 e. The fourth-order valence-corrected chi connectivity index (χ4v) is 5.69. The van der Waals surface area contributed by atoms with E-state index >= 15 is 0 Å². The van der Waals surface area contributed by atoms with Gasteiger partial charge in [-0.3, -0.25) is 4.55 Å². The second kappa shape index (κ2) is 5.95. The van der Waals surface area contributed by atoms with Crippen molar-refractivity contribution in [1.82, 2.24) is 0 Å². The van der Waals surface area contributed by atoms with Gasteiger partial charge in [0.25, 0.3) is 30.0 Å². The van der Waals surface area contributed by atoms with Crippen LogP contribution >= 0.6 is 0 Å². The summed E-state index contributed by atoms with van der Waals surface area (Å²) in [5.74, 6) is 0. The molecule has 0 bridgehead atoms. The van der Waals surface area contributed by atoms with Gasteiger partial charge in [-0.15, -0.1) is 0 Å². The molecule has 0 aliphatic carbocycles. The van der Waals surface area contributed by atoms with Gasteiger partial charge in [-0.2, -0.15) is 21.6 Å². The summed E-state index contributed by atoms with van der Waals surface area (Å²) < 4.78 is 72.4. The van der Waals surface area contributed by atoms with E-state index in [9.17, 15) is 13.2 Å². The van der Waals surface area contributed by atoms with Gasteiger partial charge >= 0.3 is 15.6 Å². The molecular weight excluding hydrogens is 281 g/mol. The van der Waals surface area contributed by atoms with Crippen molar-refractivity contribution in [3.63, 3.8) is 0 Å². The first-order valence-corrected chi connectivity index (χ1v) is 7.92. The van der Waals surface area contributed by atoms with E-state index in [1.165, 1.54) is 0 Å². The Labute approximate surface area is 84.7 Å². The maximum absolute atomic E-state index is 10.7. The minimum Gasteiger partial charge on any atom is -0.425 e. The zero-order valence-corrected chi connectivity index (χ0v) is 11.7. The Morgan fingerprint density at radius 2 is 1.21 bits per heavy atom. The molecule has 0 atom stereocenters. The van der Waals surface area contributed by atoms with E-state index in [1.54, 1.807) is 0 Å². The quantitative estimate of drug-likeness (QED) is 0.300. The van der Waals surface area contributed by atoms with Crippen molar-refractivity contribution in [3.05, 3.63) is 0 Å². The maximum atomic E-state index is 10.7. The molecule has 6 nitrogen and oxygen atoms in total. The number of halogens is 3. The van der Waals surface area contributed by atoms with Gasteiger partial charge in [0.05, 0.1) is 0 Å². The van der Waals surface area contributed by atoms with Crippen molar-refractivity contribution in [3.8, 4) is 0 Å². The third-order valence-electron chi connectivity index (χ3n) is 0.792. The first-order valence-electron chi connectivity index (χ1n) is 3.02. The molecule has 86 valence electrons. The van der Waals surface area contributed by atoms with Gasteiger partial charge in [0, 0.05) is 0 Å². The zero-order valence-electron chi connectivity index (χ0n) is 6.65. The normalized spacial score (nSPS) is 23.4. The molecule has 1 N–H and O–H groups in total. The van der Waals surface area contributed by atoms with Gasteiger partial charge in [-0.05, 0) is 0 Å². The second-order valence-corrected chi connectivity index (χ2v) is 8.91. The van der Waals surface area contributed by atoms with Crippen molar-refractivity contribution in [2.24, 2.45) is 0 Å². The van der Waals surface area contributed by atoms with E-state index < -0.39 is 45.6 Å². The van der Waals surface area contributed by atoms with Gasteiger partial charge in [0.15, 0.2) is 0 Å². The maximum Gasteiger partial charge on any atom is 0.522 e. The third-order valence-corrected chi connectivity index (χ3v) is 5.38. The van der Waals surface area contributed by atoms with Crippen LogP contribution in [-0.4, -0.2) is 48.5 Å². The lowest BCUT2D eigenvalue weighted by Gasteiger charge is -2.10. The molecular formula is CH7F3O6SSi3. The highest BCUT2D eigenvalue weighted by atomic mass is 32.2. The van der Waals surface area contributed by atoms with Crippen LogP contribution in [0.1, 0.15) is 0 Å². The Hall–Kier alpha value is 0.231. The average Bonchev–Trinajstić information content (AvgIpc) is 2.05. The highest BCUT2D eigenvalue weighted by Gasteiger charge is 2.44. The molecule has 14 heavy (non-hydrogen) atoms. The molecule has 0 aromatic carbocycles. The minimum atomic E-state index is -5.84. The monoisotopic (exact) mass is 288 g/mol. The average molecular weight is 288 g/mol. The number of hydrogen-bond acceptors (Lipinski definition) is 5. The molecule has 1 fully saturated rings. The fraction of sp³-hybridized carbons (Fsp3) is 1.00. The van der Waals surface area contributed by atoms with Crippen LogP contribution in [0.4, 0.5) is 13.2 Å². The highest BCUT2D eigenvalue weighted by molar-refractivity contribution is 7.86. The first kappa shape index (κ1) is 14.2. The predicted octanol–water partition coefficient (Wildman–Crippen LogP) is -2.56. The summed E-state index contributed by atoms with van der Waals surface area (Å²) >= 11 is 0. The van der Waals surface area contributed by atoms with Crippen LogP contribution in [0.25, 0.3) is 0 Å². The minimum absolute atomic E-state index is 0.493. The third kappa shape index (κ3) is 6.65. The fourth-order valence-electron chi connectivity index (χ4n) is 0.279. The van der Waals surface area contributed by atoms with Crippen molar-refractivity contribution in [1.29, 1.82) is 0 Å². The summed E-state index contributed by atoms with van der Waals surface area (Å²) in [6.07, 6.45) is 0. The topological polar surface area (TPSA) is 82.1 Å². The van der Waals surface area contributed by atoms with Gasteiger partial charge in [0.1, 0.15) is 0 Å². The molecule has 1 heterocycles. The molecule has 0 saturated carbocycles. The lowest BCUT2D eigenvalue weighted by molar-refractivity contribution is -0.0510. The molecule has 13 heteroatoms. The lowest BCUT2D eigenvalue weighted by atomic mass is 11.6. The lowest BCUT2D eigenvalue weighted by Crippen LogP contribution is -2.23. The van der Waals surface area contributed by atoms with E-state index in [-0.39, 0.29) is 0 Å². The van der Waals surface area contributed by atoms with Crippen molar-refractivity contribution in [2.45, 2.75) is 5.51 Å². The number of alkyl halides is 3. The molecule has 0 radical (unpaired) electrons. The van der Waals surface area contributed by atoms with Crippen LogP contribution in [0.5, 0.6) is 0 Å². The van der Waals surface area contributed by atoms with E-state index in [0.717, 1.165) is 0 Å². The smallest absolute Gasteiger partial charge is 0.425 e. The van der Waals surface area contributed by atoms with Crippen molar-refractivity contribution in [2.75, 3.05) is 0 Å². The molecule has 1 rings (SSSR count). The van der Waals surface area contributed by atoms with Gasteiger partial charge in [-0.1, -0.05) is 0 Å². The second-order valence-electron chi connectivity index (χ2n) is 1.89. The highest BCUT2D eigenvalue weighted by Crippen LogP contribution is 2.20. The Kier molecular flexibility index (Phi) is 6.05. The summed E-state index contributed by atoms with van der Waals surface area (Å²) in [4.78, 5) is 0. The van der Waals surface area contributed by atoms with Crippen LogP contribution in [0.2, 0.25) is 0 Å². The number of hydrogen-bond donors (Lipinski definition) is 1. The molecule has 0 spiro atoms. The standard InChI is InChI=1S/CHF3O3S.H6O3Si3/c2-1(3,4)8(5,6)7;1-4-2-6-3-5-1/h(H,5,6,7);4-6H2. The summed E-state index contributed by atoms with van der Waals surface area (Å²) in [7, 11) is -7.32. The van der Waals surface area contributed by atoms with E-state index in [4.69, 9.17) is 25.3 Å². The van der Waals surface area contributed by atoms with Crippen LogP contribution in [0, 0.1) is 0 Å². The SMILES string of the molecule is O1[SiH2]O[SiH2]O[SiH2]1.O=S(=O)(O)C(F)(F)F. The predicted molar refractivity (Wildman–Crippen MR) is 46.5 cm³/mol.